The van der Waals surface area contributed by atoms with E-state index >= 15 is 0 Å². The Hall–Kier alpha value is -0.540. The minimum atomic E-state index is 0.571. The molecule has 0 heterocycles. The van der Waals surface area contributed by atoms with Crippen molar-refractivity contribution in [1.82, 2.24) is 0 Å². The Morgan fingerprint density at radius 3 is 2.71 bits per heavy atom. The third-order valence-electron chi connectivity index (χ3n) is 2.73. The number of hydrogen-bond donors (Lipinski definition) is 1. The minimum absolute atomic E-state index is 0.571. The normalized spacial score (nSPS) is 12.8. The van der Waals surface area contributed by atoms with Gasteiger partial charge >= 0.3 is 0 Å². The molecule has 0 aromatic heterocycles. The lowest BCUT2D eigenvalue weighted by Gasteiger charge is -2.17. The molecule has 0 radical (unpaired) electrons. The molecule has 0 amide bonds. The summed E-state index contributed by atoms with van der Waals surface area (Å²) in [4.78, 5) is 0. The van der Waals surface area contributed by atoms with Crippen molar-refractivity contribution < 1.29 is 4.74 Å². The Morgan fingerprint density at radius 2 is 2.12 bits per heavy atom. The standard InChI is InChI=1S/C14H22BrNO/c1-11(2)8-12(10-16)6-7-17-14-5-3-4-13(15)9-14/h3-5,9,11-12H,6-8,10,16H2,1-2H3. The van der Waals surface area contributed by atoms with E-state index in [1.54, 1.807) is 0 Å². The predicted molar refractivity (Wildman–Crippen MR) is 76.3 cm³/mol. The van der Waals surface area contributed by atoms with Crippen LogP contribution in [0.5, 0.6) is 5.75 Å². The summed E-state index contributed by atoms with van der Waals surface area (Å²) < 4.78 is 6.76. The monoisotopic (exact) mass is 299 g/mol. The van der Waals surface area contributed by atoms with E-state index in [0.717, 1.165) is 29.8 Å². The van der Waals surface area contributed by atoms with Crippen LogP contribution in [0.4, 0.5) is 0 Å². The van der Waals surface area contributed by atoms with Gasteiger partial charge in [-0.05, 0) is 49.4 Å². The molecular weight excluding hydrogens is 278 g/mol. The van der Waals surface area contributed by atoms with Crippen molar-refractivity contribution in [2.75, 3.05) is 13.2 Å². The Kier molecular flexibility index (Phi) is 6.60. The fourth-order valence-corrected chi connectivity index (χ4v) is 2.28. The maximum absolute atomic E-state index is 5.76. The molecule has 1 aromatic rings. The Morgan fingerprint density at radius 1 is 1.35 bits per heavy atom. The fraction of sp³-hybridized carbons (Fsp3) is 0.571. The largest absolute Gasteiger partial charge is 0.494 e. The number of ether oxygens (including phenoxy) is 1. The zero-order chi connectivity index (χ0) is 12.7. The van der Waals surface area contributed by atoms with Crippen molar-refractivity contribution in [2.24, 2.45) is 17.6 Å². The SMILES string of the molecule is CC(C)CC(CN)CCOc1cccc(Br)c1. The van der Waals surface area contributed by atoms with E-state index in [4.69, 9.17) is 10.5 Å². The molecule has 0 fully saturated rings. The van der Waals surface area contributed by atoms with Gasteiger partial charge in [-0.25, -0.2) is 0 Å². The van der Waals surface area contributed by atoms with Gasteiger partial charge in [-0.1, -0.05) is 35.8 Å². The van der Waals surface area contributed by atoms with Crippen LogP contribution in [0.2, 0.25) is 0 Å². The lowest BCUT2D eigenvalue weighted by molar-refractivity contribution is 0.264. The van der Waals surface area contributed by atoms with Crippen LogP contribution >= 0.6 is 15.9 Å². The average Bonchev–Trinajstić information content (AvgIpc) is 2.27. The van der Waals surface area contributed by atoms with E-state index in [9.17, 15) is 0 Å². The number of benzene rings is 1. The van der Waals surface area contributed by atoms with E-state index in [0.29, 0.717) is 11.8 Å². The molecule has 0 aliphatic heterocycles. The van der Waals surface area contributed by atoms with Gasteiger partial charge in [-0.15, -0.1) is 0 Å². The van der Waals surface area contributed by atoms with Gasteiger partial charge in [0, 0.05) is 4.47 Å². The van der Waals surface area contributed by atoms with E-state index in [2.05, 4.69) is 29.8 Å². The molecule has 96 valence electrons. The van der Waals surface area contributed by atoms with Crippen molar-refractivity contribution in [3.8, 4) is 5.75 Å². The van der Waals surface area contributed by atoms with Crippen LogP contribution in [-0.2, 0) is 0 Å². The first kappa shape index (κ1) is 14.5. The molecule has 0 saturated carbocycles. The maximum Gasteiger partial charge on any atom is 0.120 e. The van der Waals surface area contributed by atoms with Gasteiger partial charge in [-0.3, -0.25) is 0 Å². The highest BCUT2D eigenvalue weighted by Gasteiger charge is 2.09. The molecule has 0 saturated heterocycles. The zero-order valence-corrected chi connectivity index (χ0v) is 12.2. The fourth-order valence-electron chi connectivity index (χ4n) is 1.90. The van der Waals surface area contributed by atoms with Gasteiger partial charge in [0.15, 0.2) is 0 Å². The molecule has 1 aromatic carbocycles. The first-order chi connectivity index (χ1) is 8.11. The number of hydrogen-bond acceptors (Lipinski definition) is 2. The summed E-state index contributed by atoms with van der Waals surface area (Å²) in [6.07, 6.45) is 2.21. The second-order valence-electron chi connectivity index (χ2n) is 4.83. The van der Waals surface area contributed by atoms with Gasteiger partial charge in [0.2, 0.25) is 0 Å². The van der Waals surface area contributed by atoms with Crippen molar-refractivity contribution >= 4 is 15.9 Å². The number of rotatable bonds is 7. The topological polar surface area (TPSA) is 35.2 Å². The molecule has 0 spiro atoms. The Bertz CT molecular complexity index is 328. The lowest BCUT2D eigenvalue weighted by Crippen LogP contribution is -2.19. The molecule has 2 nitrogen and oxygen atoms in total. The van der Waals surface area contributed by atoms with Crippen LogP contribution in [-0.4, -0.2) is 13.2 Å². The molecule has 1 unspecified atom stereocenters. The Labute approximate surface area is 113 Å². The summed E-state index contributed by atoms with van der Waals surface area (Å²) in [7, 11) is 0. The number of halogens is 1. The van der Waals surface area contributed by atoms with E-state index in [-0.39, 0.29) is 0 Å². The van der Waals surface area contributed by atoms with Gasteiger partial charge in [0.1, 0.15) is 5.75 Å². The van der Waals surface area contributed by atoms with Crippen LogP contribution in [0.25, 0.3) is 0 Å². The number of nitrogens with two attached hydrogens (primary N) is 1. The molecule has 1 atom stereocenters. The lowest BCUT2D eigenvalue weighted by atomic mass is 9.95. The van der Waals surface area contributed by atoms with E-state index in [1.807, 2.05) is 24.3 Å². The molecule has 0 bridgehead atoms. The molecular formula is C14H22BrNO. The van der Waals surface area contributed by atoms with E-state index < -0.39 is 0 Å². The molecule has 0 aliphatic carbocycles. The molecule has 0 aliphatic rings. The third-order valence-corrected chi connectivity index (χ3v) is 3.22. The van der Waals surface area contributed by atoms with Crippen LogP contribution in [0.15, 0.2) is 28.7 Å². The molecule has 1 rings (SSSR count). The van der Waals surface area contributed by atoms with Crippen molar-refractivity contribution in [3.63, 3.8) is 0 Å². The smallest absolute Gasteiger partial charge is 0.120 e. The zero-order valence-electron chi connectivity index (χ0n) is 10.7. The summed E-state index contributed by atoms with van der Waals surface area (Å²) in [6.45, 7) is 5.96. The van der Waals surface area contributed by atoms with Crippen molar-refractivity contribution in [1.29, 1.82) is 0 Å². The second kappa shape index (κ2) is 7.72. The molecule has 3 heteroatoms. The summed E-state index contributed by atoms with van der Waals surface area (Å²) in [6, 6.07) is 7.94. The maximum atomic E-state index is 5.76. The van der Waals surface area contributed by atoms with Crippen LogP contribution in [0.1, 0.15) is 26.7 Å². The summed E-state index contributed by atoms with van der Waals surface area (Å²) >= 11 is 3.43. The predicted octanol–water partition coefficient (Wildman–Crippen LogP) is 3.84. The molecule has 2 N–H and O–H groups in total. The van der Waals surface area contributed by atoms with Gasteiger partial charge in [0.25, 0.3) is 0 Å². The van der Waals surface area contributed by atoms with Gasteiger partial charge in [0.05, 0.1) is 6.61 Å². The van der Waals surface area contributed by atoms with E-state index in [1.165, 1.54) is 6.42 Å². The highest BCUT2D eigenvalue weighted by atomic mass is 79.9. The minimum Gasteiger partial charge on any atom is -0.494 e. The summed E-state index contributed by atoms with van der Waals surface area (Å²) in [5, 5.41) is 0. The van der Waals surface area contributed by atoms with Crippen molar-refractivity contribution in [2.45, 2.75) is 26.7 Å². The van der Waals surface area contributed by atoms with Crippen LogP contribution in [0.3, 0.4) is 0 Å². The first-order valence-corrected chi connectivity index (χ1v) is 6.99. The van der Waals surface area contributed by atoms with Gasteiger partial charge in [-0.2, -0.15) is 0 Å². The quantitative estimate of drug-likeness (QED) is 0.830. The summed E-state index contributed by atoms with van der Waals surface area (Å²) in [5.41, 5.74) is 5.76. The van der Waals surface area contributed by atoms with Gasteiger partial charge < -0.3 is 10.5 Å². The third kappa shape index (κ3) is 6.08. The van der Waals surface area contributed by atoms with Crippen LogP contribution in [0, 0.1) is 11.8 Å². The highest BCUT2D eigenvalue weighted by Crippen LogP contribution is 2.19. The van der Waals surface area contributed by atoms with Crippen LogP contribution < -0.4 is 10.5 Å². The molecule has 17 heavy (non-hydrogen) atoms. The van der Waals surface area contributed by atoms with Crippen molar-refractivity contribution in [3.05, 3.63) is 28.7 Å². The Balaban J connectivity index is 2.31. The summed E-state index contributed by atoms with van der Waals surface area (Å²) in [5.74, 6) is 2.19. The highest BCUT2D eigenvalue weighted by molar-refractivity contribution is 9.10. The second-order valence-corrected chi connectivity index (χ2v) is 5.74. The first-order valence-electron chi connectivity index (χ1n) is 6.20. The average molecular weight is 300 g/mol.